The molecule has 3 amide bonds. The molecule has 24 heavy (non-hydrogen) atoms. The van der Waals surface area contributed by atoms with E-state index < -0.39 is 12.1 Å². The standard InChI is InChI=1S/C18H19N3O3/c1-24-15-9-7-13(8-10-15)19-18(23)20-16-11-12-21(17(16)22)14-5-3-2-4-6-14/h2-10,16H,11-12H2,1H3,(H2,19,20,23)/t16-/m1/s1. The molecule has 0 unspecified atom stereocenters. The number of rotatable bonds is 4. The third kappa shape index (κ3) is 3.48. The molecule has 124 valence electrons. The SMILES string of the molecule is COc1ccc(NC(=O)N[C@@H]2CCN(c3ccccc3)C2=O)cc1. The quantitative estimate of drug-likeness (QED) is 0.908. The summed E-state index contributed by atoms with van der Waals surface area (Å²) in [4.78, 5) is 26.2. The zero-order valence-electron chi connectivity index (χ0n) is 13.4. The molecule has 1 saturated heterocycles. The Kier molecular flexibility index (Phi) is 4.65. The van der Waals surface area contributed by atoms with Crippen molar-refractivity contribution in [3.05, 3.63) is 54.6 Å². The number of nitrogens with zero attached hydrogens (tertiary/aromatic N) is 1. The second kappa shape index (κ2) is 7.04. The van der Waals surface area contributed by atoms with Crippen molar-refractivity contribution in [1.29, 1.82) is 0 Å². The Morgan fingerprint density at radius 1 is 1.12 bits per heavy atom. The van der Waals surface area contributed by atoms with Gasteiger partial charge in [-0.05, 0) is 42.8 Å². The minimum absolute atomic E-state index is 0.0916. The highest BCUT2D eigenvalue weighted by Crippen LogP contribution is 2.21. The minimum Gasteiger partial charge on any atom is -0.497 e. The zero-order valence-corrected chi connectivity index (χ0v) is 13.4. The molecule has 0 saturated carbocycles. The predicted molar refractivity (Wildman–Crippen MR) is 92.3 cm³/mol. The van der Waals surface area contributed by atoms with E-state index in [0.29, 0.717) is 24.4 Å². The number of nitrogens with one attached hydrogen (secondary N) is 2. The molecule has 0 aromatic heterocycles. The molecular formula is C18H19N3O3. The van der Waals surface area contributed by atoms with Crippen LogP contribution in [0.5, 0.6) is 5.75 Å². The number of hydrogen-bond acceptors (Lipinski definition) is 3. The third-order valence-electron chi connectivity index (χ3n) is 3.93. The molecule has 0 bridgehead atoms. The Bertz CT molecular complexity index is 716. The second-order valence-corrected chi connectivity index (χ2v) is 5.49. The van der Waals surface area contributed by atoms with Crippen LogP contribution in [-0.2, 0) is 4.79 Å². The Labute approximate surface area is 140 Å². The fourth-order valence-corrected chi connectivity index (χ4v) is 2.68. The smallest absolute Gasteiger partial charge is 0.319 e. The van der Waals surface area contributed by atoms with Crippen molar-refractivity contribution in [1.82, 2.24) is 5.32 Å². The van der Waals surface area contributed by atoms with Gasteiger partial charge in [0.15, 0.2) is 0 Å². The minimum atomic E-state index is -0.511. The summed E-state index contributed by atoms with van der Waals surface area (Å²) >= 11 is 0. The fourth-order valence-electron chi connectivity index (χ4n) is 2.68. The average molecular weight is 325 g/mol. The topological polar surface area (TPSA) is 70.7 Å². The van der Waals surface area contributed by atoms with Gasteiger partial charge in [-0.15, -0.1) is 0 Å². The molecule has 2 N–H and O–H groups in total. The van der Waals surface area contributed by atoms with Crippen LogP contribution in [0.2, 0.25) is 0 Å². The maximum Gasteiger partial charge on any atom is 0.319 e. The van der Waals surface area contributed by atoms with Gasteiger partial charge in [0.2, 0.25) is 5.91 Å². The molecule has 2 aromatic carbocycles. The molecule has 2 aromatic rings. The zero-order chi connectivity index (χ0) is 16.9. The van der Waals surface area contributed by atoms with E-state index in [0.717, 1.165) is 5.69 Å². The third-order valence-corrected chi connectivity index (χ3v) is 3.93. The van der Waals surface area contributed by atoms with Gasteiger partial charge in [0, 0.05) is 17.9 Å². The number of urea groups is 1. The van der Waals surface area contributed by atoms with Crippen molar-refractivity contribution >= 4 is 23.3 Å². The number of methoxy groups -OCH3 is 1. The van der Waals surface area contributed by atoms with Gasteiger partial charge in [-0.2, -0.15) is 0 Å². The van der Waals surface area contributed by atoms with E-state index in [1.807, 2.05) is 30.3 Å². The molecule has 0 spiro atoms. The Morgan fingerprint density at radius 2 is 1.83 bits per heavy atom. The van der Waals surface area contributed by atoms with E-state index in [1.54, 1.807) is 36.3 Å². The molecule has 6 heteroatoms. The molecule has 1 atom stereocenters. The summed E-state index contributed by atoms with van der Waals surface area (Å²) in [6.45, 7) is 0.594. The van der Waals surface area contributed by atoms with E-state index in [9.17, 15) is 9.59 Å². The van der Waals surface area contributed by atoms with E-state index in [4.69, 9.17) is 4.74 Å². The van der Waals surface area contributed by atoms with E-state index >= 15 is 0 Å². The number of ether oxygens (including phenoxy) is 1. The molecule has 6 nitrogen and oxygen atoms in total. The number of benzene rings is 2. The van der Waals surface area contributed by atoms with Gasteiger partial charge in [0.25, 0.3) is 0 Å². The number of hydrogen-bond donors (Lipinski definition) is 2. The van der Waals surface area contributed by atoms with Gasteiger partial charge in [-0.25, -0.2) is 4.79 Å². The number of carbonyl (C=O) groups is 2. The normalized spacial score (nSPS) is 16.8. The lowest BCUT2D eigenvalue weighted by Crippen LogP contribution is -2.43. The summed E-state index contributed by atoms with van der Waals surface area (Å²) in [6.07, 6.45) is 0.587. The maximum atomic E-state index is 12.4. The summed E-state index contributed by atoms with van der Waals surface area (Å²) in [7, 11) is 1.58. The molecule has 3 rings (SSSR count). The van der Waals surface area contributed by atoms with Gasteiger partial charge >= 0.3 is 6.03 Å². The van der Waals surface area contributed by atoms with Crippen LogP contribution in [0.15, 0.2) is 54.6 Å². The van der Waals surface area contributed by atoms with Crippen LogP contribution in [0.3, 0.4) is 0 Å². The van der Waals surface area contributed by atoms with Gasteiger partial charge < -0.3 is 20.3 Å². The Balaban J connectivity index is 1.58. The number of amides is 3. The first-order valence-electron chi connectivity index (χ1n) is 7.75. The highest BCUT2D eigenvalue weighted by Gasteiger charge is 2.33. The van der Waals surface area contributed by atoms with E-state index in [-0.39, 0.29) is 5.91 Å². The van der Waals surface area contributed by atoms with Crippen molar-refractivity contribution in [3.63, 3.8) is 0 Å². The van der Waals surface area contributed by atoms with Crippen molar-refractivity contribution in [2.75, 3.05) is 23.9 Å². The van der Waals surface area contributed by atoms with Crippen LogP contribution in [0.4, 0.5) is 16.2 Å². The predicted octanol–water partition coefficient (Wildman–Crippen LogP) is 2.62. The summed E-state index contributed by atoms with van der Waals surface area (Å²) in [5, 5.41) is 5.45. The lowest BCUT2D eigenvalue weighted by Gasteiger charge is -2.17. The first kappa shape index (κ1) is 15.9. The summed E-state index contributed by atoms with van der Waals surface area (Å²) in [5.74, 6) is 0.622. The monoisotopic (exact) mass is 325 g/mol. The molecule has 1 aliphatic rings. The van der Waals surface area contributed by atoms with Crippen LogP contribution in [0, 0.1) is 0 Å². The summed E-state index contributed by atoms with van der Waals surface area (Å²) < 4.78 is 5.07. The van der Waals surface area contributed by atoms with Crippen molar-refractivity contribution in [2.45, 2.75) is 12.5 Å². The molecule has 1 fully saturated rings. The lowest BCUT2D eigenvalue weighted by atomic mass is 10.2. The lowest BCUT2D eigenvalue weighted by molar-refractivity contribution is -0.118. The number of anilines is 2. The molecular weight excluding hydrogens is 306 g/mol. The Morgan fingerprint density at radius 3 is 2.50 bits per heavy atom. The van der Waals surface area contributed by atoms with Gasteiger partial charge in [-0.3, -0.25) is 4.79 Å². The van der Waals surface area contributed by atoms with Crippen LogP contribution in [0.1, 0.15) is 6.42 Å². The highest BCUT2D eigenvalue weighted by atomic mass is 16.5. The van der Waals surface area contributed by atoms with Crippen molar-refractivity contribution < 1.29 is 14.3 Å². The molecule has 0 aliphatic carbocycles. The van der Waals surface area contributed by atoms with Gasteiger partial charge in [0.05, 0.1) is 7.11 Å². The number of carbonyl (C=O) groups excluding carboxylic acids is 2. The number of para-hydroxylation sites is 1. The first-order chi connectivity index (χ1) is 11.7. The fraction of sp³-hybridized carbons (Fsp3) is 0.222. The van der Waals surface area contributed by atoms with Crippen LogP contribution >= 0.6 is 0 Å². The van der Waals surface area contributed by atoms with Gasteiger partial charge in [0.1, 0.15) is 11.8 Å². The van der Waals surface area contributed by atoms with E-state index in [2.05, 4.69) is 10.6 Å². The maximum absolute atomic E-state index is 12.4. The van der Waals surface area contributed by atoms with Crippen molar-refractivity contribution in [3.8, 4) is 5.75 Å². The molecule has 0 radical (unpaired) electrons. The second-order valence-electron chi connectivity index (χ2n) is 5.49. The average Bonchev–Trinajstić information content (AvgIpc) is 2.97. The molecule has 1 aliphatic heterocycles. The van der Waals surface area contributed by atoms with Crippen LogP contribution < -0.4 is 20.3 Å². The Hall–Kier alpha value is -3.02. The van der Waals surface area contributed by atoms with Crippen LogP contribution in [-0.4, -0.2) is 31.6 Å². The summed E-state index contributed by atoms with van der Waals surface area (Å²) in [6, 6.07) is 15.5. The summed E-state index contributed by atoms with van der Waals surface area (Å²) in [5.41, 5.74) is 1.49. The first-order valence-corrected chi connectivity index (χ1v) is 7.75. The molecule has 1 heterocycles. The largest absolute Gasteiger partial charge is 0.497 e. The highest BCUT2D eigenvalue weighted by molar-refractivity contribution is 6.02. The van der Waals surface area contributed by atoms with E-state index in [1.165, 1.54) is 0 Å². The van der Waals surface area contributed by atoms with Gasteiger partial charge in [-0.1, -0.05) is 18.2 Å². The van der Waals surface area contributed by atoms with Crippen molar-refractivity contribution in [2.24, 2.45) is 0 Å². The van der Waals surface area contributed by atoms with Crippen LogP contribution in [0.25, 0.3) is 0 Å².